The number of aliphatic hydroxyl groups is 1. The standard InChI is InChI=1S/C13H20N2O2/c1-10(16)11-3-4-13(14-9-11)15(2)12-5-7-17-8-6-12/h3-4,9-10,12,16H,5-8H2,1-2H3. The second kappa shape index (κ2) is 5.47. The molecule has 1 unspecified atom stereocenters. The van der Waals surface area contributed by atoms with E-state index in [0.717, 1.165) is 37.4 Å². The summed E-state index contributed by atoms with van der Waals surface area (Å²) in [6.07, 6.45) is 3.40. The number of ether oxygens (including phenoxy) is 1. The predicted molar refractivity (Wildman–Crippen MR) is 67.1 cm³/mol. The van der Waals surface area contributed by atoms with Crippen LogP contribution in [0.2, 0.25) is 0 Å². The van der Waals surface area contributed by atoms with Gasteiger partial charge < -0.3 is 14.7 Å². The smallest absolute Gasteiger partial charge is 0.128 e. The van der Waals surface area contributed by atoms with Gasteiger partial charge in [0.2, 0.25) is 0 Å². The molecule has 1 aliphatic rings. The van der Waals surface area contributed by atoms with Crippen molar-refractivity contribution in [2.75, 3.05) is 25.2 Å². The Balaban J connectivity index is 2.05. The fourth-order valence-corrected chi connectivity index (χ4v) is 2.11. The lowest BCUT2D eigenvalue weighted by Gasteiger charge is -2.32. The first-order chi connectivity index (χ1) is 8.18. The van der Waals surface area contributed by atoms with Gasteiger partial charge in [0.15, 0.2) is 0 Å². The first-order valence-corrected chi connectivity index (χ1v) is 6.13. The number of nitrogens with zero attached hydrogens (tertiary/aromatic N) is 2. The van der Waals surface area contributed by atoms with Crippen molar-refractivity contribution in [2.45, 2.75) is 31.9 Å². The van der Waals surface area contributed by atoms with E-state index in [1.807, 2.05) is 12.1 Å². The molecule has 0 radical (unpaired) electrons. The second-order valence-corrected chi connectivity index (χ2v) is 4.58. The van der Waals surface area contributed by atoms with Crippen LogP contribution in [-0.2, 0) is 4.74 Å². The van der Waals surface area contributed by atoms with E-state index in [-0.39, 0.29) is 0 Å². The summed E-state index contributed by atoms with van der Waals surface area (Å²) in [7, 11) is 2.07. The quantitative estimate of drug-likeness (QED) is 0.868. The van der Waals surface area contributed by atoms with Gasteiger partial charge in [-0.1, -0.05) is 6.07 Å². The molecule has 4 heteroatoms. The summed E-state index contributed by atoms with van der Waals surface area (Å²) in [6, 6.07) is 4.41. The molecular weight excluding hydrogens is 216 g/mol. The SMILES string of the molecule is CC(O)c1ccc(N(C)C2CCOCC2)nc1. The molecule has 4 nitrogen and oxygen atoms in total. The average molecular weight is 236 g/mol. The van der Waals surface area contributed by atoms with Gasteiger partial charge in [-0.15, -0.1) is 0 Å². The zero-order valence-electron chi connectivity index (χ0n) is 10.5. The Labute approximate surface area is 102 Å². The van der Waals surface area contributed by atoms with E-state index in [1.54, 1.807) is 13.1 Å². The van der Waals surface area contributed by atoms with E-state index in [1.165, 1.54) is 0 Å². The van der Waals surface area contributed by atoms with Gasteiger partial charge in [0.05, 0.1) is 6.10 Å². The molecule has 2 rings (SSSR count). The molecule has 0 amide bonds. The highest BCUT2D eigenvalue weighted by atomic mass is 16.5. The molecule has 0 bridgehead atoms. The van der Waals surface area contributed by atoms with Crippen molar-refractivity contribution in [2.24, 2.45) is 0 Å². The van der Waals surface area contributed by atoms with Crippen molar-refractivity contribution in [1.29, 1.82) is 0 Å². The minimum atomic E-state index is -0.454. The van der Waals surface area contributed by atoms with E-state index in [0.29, 0.717) is 6.04 Å². The number of hydrogen-bond acceptors (Lipinski definition) is 4. The van der Waals surface area contributed by atoms with Crippen molar-refractivity contribution in [3.8, 4) is 0 Å². The van der Waals surface area contributed by atoms with Gasteiger partial charge >= 0.3 is 0 Å². The Kier molecular flexibility index (Phi) is 3.97. The molecule has 17 heavy (non-hydrogen) atoms. The number of hydrogen-bond donors (Lipinski definition) is 1. The van der Waals surface area contributed by atoms with E-state index in [9.17, 15) is 5.11 Å². The lowest BCUT2D eigenvalue weighted by Crippen LogP contribution is -2.37. The molecular formula is C13H20N2O2. The molecule has 0 aromatic carbocycles. The summed E-state index contributed by atoms with van der Waals surface area (Å²) < 4.78 is 5.36. The van der Waals surface area contributed by atoms with Gasteiger partial charge in [-0.25, -0.2) is 4.98 Å². The molecule has 94 valence electrons. The van der Waals surface area contributed by atoms with Gasteiger partial charge in [0.1, 0.15) is 5.82 Å². The lowest BCUT2D eigenvalue weighted by molar-refractivity contribution is 0.0853. The third kappa shape index (κ3) is 2.96. The van der Waals surface area contributed by atoms with Crippen LogP contribution in [-0.4, -0.2) is 36.4 Å². The van der Waals surface area contributed by atoms with Crippen LogP contribution in [0.4, 0.5) is 5.82 Å². The summed E-state index contributed by atoms with van der Waals surface area (Å²) in [5.41, 5.74) is 0.856. The summed E-state index contributed by atoms with van der Waals surface area (Å²) in [5, 5.41) is 9.43. The molecule has 1 fully saturated rings. The van der Waals surface area contributed by atoms with Gasteiger partial charge in [-0.05, 0) is 31.4 Å². The van der Waals surface area contributed by atoms with Crippen molar-refractivity contribution in [3.05, 3.63) is 23.9 Å². The van der Waals surface area contributed by atoms with Crippen LogP contribution < -0.4 is 4.90 Å². The van der Waals surface area contributed by atoms with Crippen LogP contribution in [0.15, 0.2) is 18.3 Å². The fourth-order valence-electron chi connectivity index (χ4n) is 2.11. The number of pyridine rings is 1. The van der Waals surface area contributed by atoms with Crippen LogP contribution in [0.25, 0.3) is 0 Å². The largest absolute Gasteiger partial charge is 0.389 e. The summed E-state index contributed by atoms with van der Waals surface area (Å²) in [4.78, 5) is 6.60. The summed E-state index contributed by atoms with van der Waals surface area (Å²) in [6.45, 7) is 3.42. The van der Waals surface area contributed by atoms with Gasteiger partial charge in [0.25, 0.3) is 0 Å². The maximum absolute atomic E-state index is 9.43. The lowest BCUT2D eigenvalue weighted by atomic mass is 10.1. The van der Waals surface area contributed by atoms with Gasteiger partial charge in [0, 0.05) is 32.5 Å². The number of anilines is 1. The number of rotatable bonds is 3. The summed E-state index contributed by atoms with van der Waals surface area (Å²) in [5.74, 6) is 0.960. The zero-order valence-corrected chi connectivity index (χ0v) is 10.5. The van der Waals surface area contributed by atoms with Crippen LogP contribution in [0.5, 0.6) is 0 Å². The van der Waals surface area contributed by atoms with Crippen molar-refractivity contribution in [1.82, 2.24) is 4.98 Å². The third-order valence-corrected chi connectivity index (χ3v) is 3.35. The molecule has 0 aliphatic carbocycles. The van der Waals surface area contributed by atoms with Crippen LogP contribution >= 0.6 is 0 Å². The third-order valence-electron chi connectivity index (χ3n) is 3.35. The minimum absolute atomic E-state index is 0.454. The maximum Gasteiger partial charge on any atom is 0.128 e. The second-order valence-electron chi connectivity index (χ2n) is 4.58. The molecule has 1 N–H and O–H groups in total. The topological polar surface area (TPSA) is 45.6 Å². The van der Waals surface area contributed by atoms with E-state index in [2.05, 4.69) is 16.9 Å². The number of aliphatic hydroxyl groups excluding tert-OH is 1. The molecule has 1 aromatic rings. The Morgan fingerprint density at radius 2 is 2.12 bits per heavy atom. The van der Waals surface area contributed by atoms with Crippen LogP contribution in [0.3, 0.4) is 0 Å². The molecule has 1 aromatic heterocycles. The van der Waals surface area contributed by atoms with Gasteiger partial charge in [-0.3, -0.25) is 0 Å². The first kappa shape index (κ1) is 12.3. The predicted octanol–water partition coefficient (Wildman–Crippen LogP) is 1.75. The maximum atomic E-state index is 9.43. The van der Waals surface area contributed by atoms with Crippen molar-refractivity contribution in [3.63, 3.8) is 0 Å². The van der Waals surface area contributed by atoms with E-state index < -0.39 is 6.10 Å². The monoisotopic (exact) mass is 236 g/mol. The average Bonchev–Trinajstić information content (AvgIpc) is 2.39. The molecule has 1 atom stereocenters. The van der Waals surface area contributed by atoms with Crippen LogP contribution in [0.1, 0.15) is 31.4 Å². The summed E-state index contributed by atoms with van der Waals surface area (Å²) >= 11 is 0. The molecule has 2 heterocycles. The number of aromatic nitrogens is 1. The van der Waals surface area contributed by atoms with E-state index in [4.69, 9.17) is 4.74 Å². The van der Waals surface area contributed by atoms with Crippen LogP contribution in [0, 0.1) is 0 Å². The van der Waals surface area contributed by atoms with Gasteiger partial charge in [-0.2, -0.15) is 0 Å². The Bertz CT molecular complexity index is 345. The molecule has 0 spiro atoms. The molecule has 1 saturated heterocycles. The Morgan fingerprint density at radius 3 is 2.65 bits per heavy atom. The zero-order chi connectivity index (χ0) is 12.3. The minimum Gasteiger partial charge on any atom is -0.389 e. The highest BCUT2D eigenvalue weighted by molar-refractivity contribution is 5.40. The highest BCUT2D eigenvalue weighted by Gasteiger charge is 2.19. The van der Waals surface area contributed by atoms with Crippen molar-refractivity contribution >= 4 is 5.82 Å². The Hall–Kier alpha value is -1.13. The Morgan fingerprint density at radius 1 is 1.41 bits per heavy atom. The highest BCUT2D eigenvalue weighted by Crippen LogP contribution is 2.20. The normalized spacial score (nSPS) is 19.0. The first-order valence-electron chi connectivity index (χ1n) is 6.13. The fraction of sp³-hybridized carbons (Fsp3) is 0.615. The molecule has 1 aliphatic heterocycles. The van der Waals surface area contributed by atoms with Crippen molar-refractivity contribution < 1.29 is 9.84 Å². The molecule has 0 saturated carbocycles. The van der Waals surface area contributed by atoms with E-state index >= 15 is 0 Å².